The van der Waals surface area contributed by atoms with Crippen molar-refractivity contribution in [1.82, 2.24) is 0 Å². The van der Waals surface area contributed by atoms with Crippen molar-refractivity contribution >= 4 is 38.0 Å². The summed E-state index contributed by atoms with van der Waals surface area (Å²) >= 11 is 0. The van der Waals surface area contributed by atoms with Gasteiger partial charge in [0.1, 0.15) is 15.8 Å². The summed E-state index contributed by atoms with van der Waals surface area (Å²) in [6, 6.07) is 9.58. The van der Waals surface area contributed by atoms with Crippen molar-refractivity contribution in [2.24, 2.45) is 10.2 Å². The van der Waals surface area contributed by atoms with Crippen LogP contribution in [-0.4, -0.2) is 18.1 Å². The second-order valence-electron chi connectivity index (χ2n) is 6.40. The van der Waals surface area contributed by atoms with Gasteiger partial charge in [0.15, 0.2) is 5.75 Å². The van der Waals surface area contributed by atoms with E-state index >= 15 is 0 Å². The number of azo groups is 1. The van der Waals surface area contributed by atoms with Crippen molar-refractivity contribution < 1.29 is 47.6 Å². The molecule has 28 heavy (non-hydrogen) atoms. The molecule has 0 unspecified atom stereocenters. The number of nitrogens with two attached hydrogens (primary N) is 1. The Kier molecular flexibility index (Phi) is 6.52. The number of rotatable bonds is 3. The molecule has 0 saturated carbocycles. The smallest absolute Gasteiger partial charge is 0.744 e. The SMILES string of the molecule is Cc1cccc(C)c1N=Nc1c(C)cc2cc(S(=O)(=O)[O-])cc(N)c2c1O.[Na+]. The molecule has 3 aromatic rings. The van der Waals surface area contributed by atoms with Crippen LogP contribution in [-0.2, 0) is 10.1 Å². The van der Waals surface area contributed by atoms with E-state index in [0.717, 1.165) is 17.2 Å². The molecule has 3 N–H and O–H groups in total. The molecular formula is C19H18N3NaO4S. The Morgan fingerprint density at radius 1 is 0.964 bits per heavy atom. The number of fused-ring (bicyclic) bond motifs is 1. The average Bonchev–Trinajstić information content (AvgIpc) is 2.55. The fourth-order valence-corrected chi connectivity index (χ4v) is 3.53. The Morgan fingerprint density at radius 3 is 2.11 bits per heavy atom. The number of hydrogen-bond acceptors (Lipinski definition) is 7. The summed E-state index contributed by atoms with van der Waals surface area (Å²) < 4.78 is 33.8. The van der Waals surface area contributed by atoms with Crippen LogP contribution in [0.5, 0.6) is 5.75 Å². The van der Waals surface area contributed by atoms with Gasteiger partial charge in [0.25, 0.3) is 0 Å². The van der Waals surface area contributed by atoms with E-state index in [9.17, 15) is 18.1 Å². The summed E-state index contributed by atoms with van der Waals surface area (Å²) in [6.07, 6.45) is 0. The molecule has 3 aromatic carbocycles. The average molecular weight is 407 g/mol. The van der Waals surface area contributed by atoms with Crippen molar-refractivity contribution in [2.75, 3.05) is 5.73 Å². The van der Waals surface area contributed by atoms with Crippen LogP contribution in [0.3, 0.4) is 0 Å². The van der Waals surface area contributed by atoms with E-state index in [2.05, 4.69) is 10.2 Å². The Morgan fingerprint density at radius 2 is 1.54 bits per heavy atom. The van der Waals surface area contributed by atoms with Gasteiger partial charge >= 0.3 is 29.6 Å². The molecule has 140 valence electrons. The van der Waals surface area contributed by atoms with Gasteiger partial charge in [-0.15, -0.1) is 10.2 Å². The molecule has 0 fully saturated rings. The van der Waals surface area contributed by atoms with E-state index in [1.54, 1.807) is 13.0 Å². The molecule has 0 aliphatic carbocycles. The van der Waals surface area contributed by atoms with Crippen molar-refractivity contribution in [1.29, 1.82) is 0 Å². The first-order valence-corrected chi connectivity index (χ1v) is 9.50. The fourth-order valence-electron chi connectivity index (χ4n) is 2.99. The number of hydrogen-bond donors (Lipinski definition) is 2. The van der Waals surface area contributed by atoms with Crippen LogP contribution < -0.4 is 35.3 Å². The molecule has 9 heteroatoms. The minimum Gasteiger partial charge on any atom is -0.744 e. The first-order valence-electron chi connectivity index (χ1n) is 8.09. The maximum absolute atomic E-state index is 11.3. The third-order valence-electron chi connectivity index (χ3n) is 4.36. The monoisotopic (exact) mass is 407 g/mol. The standard InChI is InChI=1S/C19H19N3O4S.Na/c1-10-5-4-6-11(2)17(10)21-22-18-12(3)7-13-8-14(27(24,25)26)9-15(20)16(13)19(18)23;/h4-9,23H,20H2,1-3H3,(H,24,25,26);/q;+1/p-1. The Bertz CT molecular complexity index is 1190. The molecule has 0 aliphatic heterocycles. The Hall–Kier alpha value is -1.97. The number of nitrogens with zero attached hydrogens (tertiary/aromatic N) is 2. The van der Waals surface area contributed by atoms with Crippen LogP contribution in [0, 0.1) is 20.8 Å². The van der Waals surface area contributed by atoms with Crippen LogP contribution in [0.25, 0.3) is 10.8 Å². The molecule has 0 atom stereocenters. The quantitative estimate of drug-likeness (QED) is 0.293. The van der Waals surface area contributed by atoms with Gasteiger partial charge in [0.05, 0.1) is 10.6 Å². The predicted molar refractivity (Wildman–Crippen MR) is 103 cm³/mol. The van der Waals surface area contributed by atoms with Crippen molar-refractivity contribution in [3.05, 3.63) is 53.1 Å². The van der Waals surface area contributed by atoms with E-state index < -0.39 is 15.0 Å². The molecule has 7 nitrogen and oxygen atoms in total. The normalized spacial score (nSPS) is 11.7. The predicted octanol–water partition coefficient (Wildman–Crippen LogP) is 1.38. The van der Waals surface area contributed by atoms with Gasteiger partial charge in [0, 0.05) is 11.1 Å². The minimum absolute atomic E-state index is 0. The van der Waals surface area contributed by atoms with Crippen LogP contribution >= 0.6 is 0 Å². The first kappa shape index (κ1) is 22.3. The van der Waals surface area contributed by atoms with Gasteiger partial charge in [-0.1, -0.05) is 18.2 Å². The van der Waals surface area contributed by atoms with Gasteiger partial charge in [-0.3, -0.25) is 0 Å². The van der Waals surface area contributed by atoms with E-state index in [4.69, 9.17) is 5.73 Å². The van der Waals surface area contributed by atoms with E-state index in [1.165, 1.54) is 6.07 Å². The number of benzene rings is 3. The second kappa shape index (κ2) is 8.18. The van der Waals surface area contributed by atoms with Crippen molar-refractivity contribution in [2.45, 2.75) is 25.7 Å². The van der Waals surface area contributed by atoms with Gasteiger partial charge in [0.2, 0.25) is 0 Å². The molecule has 0 aromatic heterocycles. The number of phenolic OH excluding ortho intramolecular Hbond substituents is 1. The van der Waals surface area contributed by atoms with Gasteiger partial charge in [-0.2, -0.15) is 0 Å². The molecule has 0 amide bonds. The number of aromatic hydroxyl groups is 1. The summed E-state index contributed by atoms with van der Waals surface area (Å²) in [5.41, 5.74) is 9.26. The summed E-state index contributed by atoms with van der Waals surface area (Å²) in [5, 5.41) is 19.7. The molecule has 0 radical (unpaired) electrons. The fraction of sp³-hybridized carbons (Fsp3) is 0.158. The molecule has 0 saturated heterocycles. The number of aryl methyl sites for hydroxylation is 3. The molecule has 3 rings (SSSR count). The number of nitrogen functional groups attached to an aromatic ring is 1. The van der Waals surface area contributed by atoms with Crippen LogP contribution in [0.15, 0.2) is 51.5 Å². The summed E-state index contributed by atoms with van der Waals surface area (Å²) in [6.45, 7) is 5.53. The number of phenols is 1. The third kappa shape index (κ3) is 4.21. The first-order chi connectivity index (χ1) is 12.6. The number of anilines is 1. The van der Waals surface area contributed by atoms with E-state index in [-0.39, 0.29) is 52.1 Å². The molecule has 0 bridgehead atoms. The van der Waals surface area contributed by atoms with Gasteiger partial charge < -0.3 is 15.4 Å². The Balaban J connectivity index is 0.00000280. The Labute approximate surface area is 185 Å². The maximum atomic E-state index is 11.3. The second-order valence-corrected chi connectivity index (χ2v) is 7.78. The van der Waals surface area contributed by atoms with Gasteiger partial charge in [-0.05, 0) is 61.0 Å². The van der Waals surface area contributed by atoms with Crippen molar-refractivity contribution in [3.8, 4) is 5.75 Å². The summed E-state index contributed by atoms with van der Waals surface area (Å²) in [5.74, 6) is -0.215. The van der Waals surface area contributed by atoms with Crippen molar-refractivity contribution in [3.63, 3.8) is 0 Å². The minimum atomic E-state index is -4.66. The summed E-state index contributed by atoms with van der Waals surface area (Å²) in [7, 11) is -4.66. The zero-order valence-corrected chi connectivity index (χ0v) is 18.8. The third-order valence-corrected chi connectivity index (χ3v) is 5.17. The van der Waals surface area contributed by atoms with E-state index in [0.29, 0.717) is 16.6 Å². The van der Waals surface area contributed by atoms with Gasteiger partial charge in [-0.25, -0.2) is 8.42 Å². The molecular weight excluding hydrogens is 389 g/mol. The molecule has 0 aliphatic rings. The zero-order chi connectivity index (χ0) is 19.9. The largest absolute Gasteiger partial charge is 1.00 e. The summed E-state index contributed by atoms with van der Waals surface area (Å²) in [4.78, 5) is -0.448. The topological polar surface area (TPSA) is 128 Å². The van der Waals surface area contributed by atoms with Crippen LogP contribution in [0.4, 0.5) is 17.1 Å². The molecule has 0 spiro atoms. The van der Waals surface area contributed by atoms with E-state index in [1.807, 2.05) is 32.0 Å². The van der Waals surface area contributed by atoms with Crippen LogP contribution in [0.1, 0.15) is 16.7 Å². The zero-order valence-electron chi connectivity index (χ0n) is 16.0. The molecule has 0 heterocycles. The van der Waals surface area contributed by atoms with Crippen LogP contribution in [0.2, 0.25) is 0 Å². The maximum Gasteiger partial charge on any atom is 1.00 e.